The van der Waals surface area contributed by atoms with E-state index in [-0.39, 0.29) is 5.91 Å². The van der Waals surface area contributed by atoms with E-state index in [1.807, 2.05) is 53.4 Å². The SMILES string of the molecule is CNC(=O)Cc1ccc(-n2cccc2)cc1. The Labute approximate surface area is 94.7 Å². The van der Waals surface area contributed by atoms with E-state index >= 15 is 0 Å². The van der Waals surface area contributed by atoms with E-state index in [1.165, 1.54) is 0 Å². The minimum Gasteiger partial charge on any atom is -0.359 e. The molecule has 2 aromatic rings. The predicted molar refractivity (Wildman–Crippen MR) is 63.5 cm³/mol. The van der Waals surface area contributed by atoms with Gasteiger partial charge in [0, 0.05) is 25.1 Å². The highest BCUT2D eigenvalue weighted by molar-refractivity contribution is 5.78. The molecule has 0 radical (unpaired) electrons. The smallest absolute Gasteiger partial charge is 0.224 e. The second kappa shape index (κ2) is 4.66. The second-order valence-electron chi connectivity index (χ2n) is 3.61. The van der Waals surface area contributed by atoms with Crippen LogP contribution >= 0.6 is 0 Å². The van der Waals surface area contributed by atoms with E-state index in [9.17, 15) is 4.79 Å². The van der Waals surface area contributed by atoms with Gasteiger partial charge in [0.05, 0.1) is 6.42 Å². The first-order valence-electron chi connectivity index (χ1n) is 5.22. The number of hydrogen-bond donors (Lipinski definition) is 1. The summed E-state index contributed by atoms with van der Waals surface area (Å²) in [6, 6.07) is 11.9. The van der Waals surface area contributed by atoms with Crippen LogP contribution in [-0.4, -0.2) is 17.5 Å². The average Bonchev–Trinajstić information content (AvgIpc) is 2.83. The van der Waals surface area contributed by atoms with Gasteiger partial charge in [-0.15, -0.1) is 0 Å². The van der Waals surface area contributed by atoms with Crippen molar-refractivity contribution in [2.75, 3.05) is 7.05 Å². The number of rotatable bonds is 3. The lowest BCUT2D eigenvalue weighted by Gasteiger charge is -2.04. The number of likely N-dealkylation sites (N-methyl/N-ethyl adjacent to an activating group) is 1. The van der Waals surface area contributed by atoms with Gasteiger partial charge in [-0.2, -0.15) is 0 Å². The Morgan fingerprint density at radius 2 is 1.81 bits per heavy atom. The molecule has 0 spiro atoms. The summed E-state index contributed by atoms with van der Waals surface area (Å²) in [6.07, 6.45) is 4.42. The number of aromatic nitrogens is 1. The van der Waals surface area contributed by atoms with E-state index in [4.69, 9.17) is 0 Å². The van der Waals surface area contributed by atoms with Crippen LogP contribution in [0, 0.1) is 0 Å². The second-order valence-corrected chi connectivity index (χ2v) is 3.61. The fraction of sp³-hybridized carbons (Fsp3) is 0.154. The van der Waals surface area contributed by atoms with Crippen molar-refractivity contribution in [1.82, 2.24) is 9.88 Å². The molecule has 0 saturated heterocycles. The van der Waals surface area contributed by atoms with Crippen LogP contribution in [0.15, 0.2) is 48.8 Å². The van der Waals surface area contributed by atoms with Gasteiger partial charge in [0.25, 0.3) is 0 Å². The average molecular weight is 214 g/mol. The molecule has 2 rings (SSSR count). The van der Waals surface area contributed by atoms with Crippen molar-refractivity contribution in [2.45, 2.75) is 6.42 Å². The zero-order chi connectivity index (χ0) is 11.4. The summed E-state index contributed by atoms with van der Waals surface area (Å²) in [6.45, 7) is 0. The first-order chi connectivity index (χ1) is 7.79. The summed E-state index contributed by atoms with van der Waals surface area (Å²) in [5.74, 6) is 0.0358. The highest BCUT2D eigenvalue weighted by Crippen LogP contribution is 2.10. The number of carbonyl (C=O) groups excluding carboxylic acids is 1. The maximum Gasteiger partial charge on any atom is 0.224 e. The molecule has 1 heterocycles. The molecule has 0 saturated carbocycles. The van der Waals surface area contributed by atoms with Crippen LogP contribution in [-0.2, 0) is 11.2 Å². The number of amides is 1. The molecule has 1 amide bonds. The van der Waals surface area contributed by atoms with Gasteiger partial charge in [-0.1, -0.05) is 12.1 Å². The predicted octanol–water partition coefficient (Wildman–Crippen LogP) is 1.77. The van der Waals surface area contributed by atoms with Crippen LogP contribution in [0.1, 0.15) is 5.56 Å². The Hall–Kier alpha value is -2.03. The molecule has 0 fully saturated rings. The third-order valence-corrected chi connectivity index (χ3v) is 2.48. The van der Waals surface area contributed by atoms with Crippen molar-refractivity contribution in [1.29, 1.82) is 0 Å². The third kappa shape index (κ3) is 2.31. The lowest BCUT2D eigenvalue weighted by atomic mass is 10.1. The van der Waals surface area contributed by atoms with Crippen LogP contribution in [0.4, 0.5) is 0 Å². The molecule has 0 aliphatic carbocycles. The summed E-state index contributed by atoms with van der Waals surface area (Å²) < 4.78 is 2.03. The highest BCUT2D eigenvalue weighted by Gasteiger charge is 2.00. The van der Waals surface area contributed by atoms with E-state index < -0.39 is 0 Å². The molecule has 1 aromatic carbocycles. The molecule has 0 aliphatic heterocycles. The van der Waals surface area contributed by atoms with Gasteiger partial charge in [-0.25, -0.2) is 0 Å². The Morgan fingerprint density at radius 1 is 1.19 bits per heavy atom. The zero-order valence-electron chi connectivity index (χ0n) is 9.18. The molecule has 0 atom stereocenters. The van der Waals surface area contributed by atoms with Crippen molar-refractivity contribution in [2.24, 2.45) is 0 Å². The monoisotopic (exact) mass is 214 g/mol. The fourth-order valence-electron chi connectivity index (χ4n) is 1.57. The first kappa shape index (κ1) is 10.5. The van der Waals surface area contributed by atoms with Gasteiger partial charge >= 0.3 is 0 Å². The molecular weight excluding hydrogens is 200 g/mol. The van der Waals surface area contributed by atoms with Crippen molar-refractivity contribution in [3.05, 3.63) is 54.4 Å². The van der Waals surface area contributed by atoms with Crippen LogP contribution in [0.3, 0.4) is 0 Å². The van der Waals surface area contributed by atoms with Gasteiger partial charge in [0.2, 0.25) is 5.91 Å². The van der Waals surface area contributed by atoms with Crippen molar-refractivity contribution < 1.29 is 4.79 Å². The molecule has 3 nitrogen and oxygen atoms in total. The Balaban J connectivity index is 2.14. The van der Waals surface area contributed by atoms with Gasteiger partial charge in [0.15, 0.2) is 0 Å². The normalized spacial score (nSPS) is 10.1. The molecule has 16 heavy (non-hydrogen) atoms. The molecule has 1 aromatic heterocycles. The van der Waals surface area contributed by atoms with E-state index in [0.717, 1.165) is 11.3 Å². The van der Waals surface area contributed by atoms with Crippen molar-refractivity contribution in [3.63, 3.8) is 0 Å². The minimum atomic E-state index is 0.0358. The van der Waals surface area contributed by atoms with Crippen molar-refractivity contribution >= 4 is 5.91 Å². The number of carbonyl (C=O) groups is 1. The van der Waals surface area contributed by atoms with E-state index in [0.29, 0.717) is 6.42 Å². The Bertz CT molecular complexity index is 457. The first-order valence-corrected chi connectivity index (χ1v) is 5.22. The van der Waals surface area contributed by atoms with E-state index in [2.05, 4.69) is 5.32 Å². The molecule has 0 bridgehead atoms. The quantitative estimate of drug-likeness (QED) is 0.830. The van der Waals surface area contributed by atoms with Gasteiger partial charge in [-0.3, -0.25) is 4.79 Å². The fourth-order valence-corrected chi connectivity index (χ4v) is 1.57. The number of benzene rings is 1. The van der Waals surface area contributed by atoms with Crippen molar-refractivity contribution in [3.8, 4) is 5.69 Å². The summed E-state index contributed by atoms with van der Waals surface area (Å²) in [7, 11) is 1.65. The van der Waals surface area contributed by atoms with Gasteiger partial charge < -0.3 is 9.88 Å². The standard InChI is InChI=1S/C13H14N2O/c1-14-13(16)10-11-4-6-12(7-5-11)15-8-2-3-9-15/h2-9H,10H2,1H3,(H,14,16). The van der Waals surface area contributed by atoms with Gasteiger partial charge in [-0.05, 0) is 29.8 Å². The maximum absolute atomic E-state index is 11.2. The number of hydrogen-bond acceptors (Lipinski definition) is 1. The topological polar surface area (TPSA) is 34.0 Å². The molecule has 82 valence electrons. The summed E-state index contributed by atoms with van der Waals surface area (Å²) in [4.78, 5) is 11.2. The lowest BCUT2D eigenvalue weighted by Crippen LogP contribution is -2.19. The zero-order valence-corrected chi connectivity index (χ0v) is 9.18. The summed E-state index contributed by atoms with van der Waals surface area (Å²) in [5, 5.41) is 2.61. The molecule has 3 heteroatoms. The third-order valence-electron chi connectivity index (χ3n) is 2.48. The largest absolute Gasteiger partial charge is 0.359 e. The number of nitrogens with zero attached hydrogens (tertiary/aromatic N) is 1. The van der Waals surface area contributed by atoms with Gasteiger partial charge in [0.1, 0.15) is 0 Å². The summed E-state index contributed by atoms with van der Waals surface area (Å²) >= 11 is 0. The maximum atomic E-state index is 11.2. The Morgan fingerprint density at radius 3 is 2.38 bits per heavy atom. The van der Waals surface area contributed by atoms with E-state index in [1.54, 1.807) is 7.05 Å². The summed E-state index contributed by atoms with van der Waals surface area (Å²) in [5.41, 5.74) is 2.13. The molecule has 0 unspecified atom stereocenters. The highest BCUT2D eigenvalue weighted by atomic mass is 16.1. The molecule has 1 N–H and O–H groups in total. The van der Waals surface area contributed by atoms with Crippen LogP contribution < -0.4 is 5.32 Å². The van der Waals surface area contributed by atoms with Crippen LogP contribution in [0.5, 0.6) is 0 Å². The molecule has 0 aliphatic rings. The Kier molecular flexibility index (Phi) is 3.05. The van der Waals surface area contributed by atoms with Crippen LogP contribution in [0.25, 0.3) is 5.69 Å². The minimum absolute atomic E-state index is 0.0358. The van der Waals surface area contributed by atoms with Crippen LogP contribution in [0.2, 0.25) is 0 Å². The number of nitrogens with one attached hydrogen (secondary N) is 1. The molecular formula is C13H14N2O. The lowest BCUT2D eigenvalue weighted by molar-refractivity contribution is -0.119.